The highest BCUT2D eigenvalue weighted by Crippen LogP contribution is 2.26. The van der Waals surface area contributed by atoms with Crippen molar-refractivity contribution in [1.29, 1.82) is 0 Å². The molecule has 106 valence electrons. The molecule has 1 aromatic carbocycles. The number of aryl methyl sites for hydroxylation is 1. The third kappa shape index (κ3) is 2.89. The minimum atomic E-state index is 0.616. The Kier molecular flexibility index (Phi) is 4.08. The van der Waals surface area contributed by atoms with Crippen molar-refractivity contribution in [2.24, 2.45) is 5.92 Å². The van der Waals surface area contributed by atoms with Crippen molar-refractivity contribution in [2.75, 3.05) is 13.1 Å². The molecule has 1 aliphatic heterocycles. The average Bonchev–Trinajstić information content (AvgIpc) is 2.43. The van der Waals surface area contributed by atoms with Crippen LogP contribution < -0.4 is 0 Å². The molecule has 0 spiro atoms. The van der Waals surface area contributed by atoms with E-state index in [1.54, 1.807) is 0 Å². The predicted molar refractivity (Wildman–Crippen MR) is 88.3 cm³/mol. The van der Waals surface area contributed by atoms with E-state index in [9.17, 15) is 0 Å². The Morgan fingerprint density at radius 2 is 2.15 bits per heavy atom. The first-order valence-corrected chi connectivity index (χ1v) is 8.27. The number of halogens is 1. The van der Waals surface area contributed by atoms with Gasteiger partial charge in [-0.25, -0.2) is 0 Å². The largest absolute Gasteiger partial charge is 0.298 e. The highest BCUT2D eigenvalue weighted by atomic mass is 79.9. The zero-order chi connectivity index (χ0) is 14.1. The number of hydrogen-bond donors (Lipinski definition) is 0. The number of hydrogen-bond acceptors (Lipinski definition) is 2. The van der Waals surface area contributed by atoms with Crippen molar-refractivity contribution in [3.8, 4) is 0 Å². The molecule has 1 aliphatic rings. The number of fused-ring (bicyclic) bond motifs is 1. The summed E-state index contributed by atoms with van der Waals surface area (Å²) in [5, 5.41) is 1.29. The molecule has 1 saturated heterocycles. The molecule has 2 nitrogen and oxygen atoms in total. The fourth-order valence-electron chi connectivity index (χ4n) is 3.00. The van der Waals surface area contributed by atoms with Crippen LogP contribution in [-0.2, 0) is 6.54 Å². The molecule has 0 bridgehead atoms. The smallest absolute Gasteiger partial charge is 0.0708 e. The number of piperidine rings is 1. The van der Waals surface area contributed by atoms with Gasteiger partial charge in [-0.05, 0) is 43.5 Å². The second-order valence-electron chi connectivity index (χ2n) is 5.96. The Balaban J connectivity index is 1.87. The van der Waals surface area contributed by atoms with Crippen LogP contribution in [0.25, 0.3) is 10.9 Å². The van der Waals surface area contributed by atoms with Crippen LogP contribution in [0, 0.1) is 12.8 Å². The molecule has 0 radical (unpaired) electrons. The van der Waals surface area contributed by atoms with E-state index in [1.165, 1.54) is 23.9 Å². The molecular weight excluding hydrogens is 312 g/mol. The molecule has 0 saturated carbocycles. The zero-order valence-electron chi connectivity index (χ0n) is 12.1. The van der Waals surface area contributed by atoms with Crippen LogP contribution in [0.4, 0.5) is 0 Å². The van der Waals surface area contributed by atoms with Gasteiger partial charge in [0.15, 0.2) is 0 Å². The maximum atomic E-state index is 4.63. The molecule has 2 heterocycles. The summed E-state index contributed by atoms with van der Waals surface area (Å²) < 4.78 is 0. The van der Waals surface area contributed by atoms with Crippen molar-refractivity contribution < 1.29 is 0 Å². The van der Waals surface area contributed by atoms with Gasteiger partial charge in [0.05, 0.1) is 5.52 Å². The number of nitrogens with zero attached hydrogens (tertiary/aromatic N) is 2. The molecule has 2 unspecified atom stereocenters. The summed E-state index contributed by atoms with van der Waals surface area (Å²) in [5.74, 6) is 0.780. The molecule has 20 heavy (non-hydrogen) atoms. The average molecular weight is 333 g/mol. The minimum absolute atomic E-state index is 0.616. The zero-order valence-corrected chi connectivity index (χ0v) is 13.7. The van der Waals surface area contributed by atoms with Gasteiger partial charge in [-0.1, -0.05) is 41.1 Å². The van der Waals surface area contributed by atoms with Gasteiger partial charge in [0, 0.05) is 29.0 Å². The molecule has 3 rings (SSSR count). The highest BCUT2D eigenvalue weighted by Gasteiger charge is 2.24. The van der Waals surface area contributed by atoms with Crippen molar-refractivity contribution in [1.82, 2.24) is 9.88 Å². The number of pyridine rings is 1. The van der Waals surface area contributed by atoms with E-state index in [2.05, 4.69) is 70.0 Å². The molecule has 1 aromatic heterocycles. The minimum Gasteiger partial charge on any atom is -0.298 e. The summed E-state index contributed by atoms with van der Waals surface area (Å²) in [6.45, 7) is 7.78. The van der Waals surface area contributed by atoms with Crippen LogP contribution in [0.1, 0.15) is 24.6 Å². The normalized spacial score (nSPS) is 24.1. The van der Waals surface area contributed by atoms with Crippen LogP contribution >= 0.6 is 15.9 Å². The van der Waals surface area contributed by atoms with Crippen LogP contribution in [0.3, 0.4) is 0 Å². The van der Waals surface area contributed by atoms with E-state index in [-0.39, 0.29) is 0 Å². The summed E-state index contributed by atoms with van der Waals surface area (Å²) in [4.78, 5) is 7.80. The number of aromatic nitrogens is 1. The van der Waals surface area contributed by atoms with E-state index in [0.717, 1.165) is 30.2 Å². The summed E-state index contributed by atoms with van der Waals surface area (Å²) in [5.41, 5.74) is 3.63. The lowest BCUT2D eigenvalue weighted by Gasteiger charge is -2.34. The first-order valence-electron chi connectivity index (χ1n) is 7.35. The quantitative estimate of drug-likeness (QED) is 0.768. The number of alkyl halides is 1. The molecule has 0 amide bonds. The first-order chi connectivity index (χ1) is 9.63. The van der Waals surface area contributed by atoms with E-state index in [1.807, 2.05) is 0 Å². The lowest BCUT2D eigenvalue weighted by atomic mass is 9.98. The van der Waals surface area contributed by atoms with Crippen LogP contribution in [0.2, 0.25) is 0 Å². The molecule has 2 atom stereocenters. The molecule has 1 fully saturated rings. The molecule has 0 N–H and O–H groups in total. The highest BCUT2D eigenvalue weighted by molar-refractivity contribution is 9.09. The monoisotopic (exact) mass is 332 g/mol. The number of likely N-dealkylation sites (tertiary alicyclic amines) is 1. The second-order valence-corrected chi connectivity index (χ2v) is 7.13. The van der Waals surface area contributed by atoms with Gasteiger partial charge in [0.2, 0.25) is 0 Å². The molecule has 0 aliphatic carbocycles. The number of para-hydroxylation sites is 1. The Hall–Kier alpha value is -0.930. The summed E-state index contributed by atoms with van der Waals surface area (Å²) >= 11 is 3.82. The second kappa shape index (κ2) is 5.82. The molecular formula is C17H21BrN2. The maximum Gasteiger partial charge on any atom is 0.0708 e. The van der Waals surface area contributed by atoms with Crippen LogP contribution in [0.15, 0.2) is 30.3 Å². The van der Waals surface area contributed by atoms with Gasteiger partial charge in [-0.3, -0.25) is 9.88 Å². The fourth-order valence-corrected chi connectivity index (χ4v) is 3.67. The predicted octanol–water partition coefficient (Wildman–Crippen LogP) is 4.15. The Bertz CT molecular complexity index is 611. The Morgan fingerprint density at radius 1 is 1.35 bits per heavy atom. The third-order valence-electron chi connectivity index (χ3n) is 4.27. The van der Waals surface area contributed by atoms with Gasteiger partial charge in [0.1, 0.15) is 0 Å². The SMILES string of the molecule is Cc1cc(CN2CCC(C)C(Br)C2)c2ccccc2n1. The van der Waals surface area contributed by atoms with Gasteiger partial charge in [-0.15, -0.1) is 0 Å². The lowest BCUT2D eigenvalue weighted by molar-refractivity contribution is 0.194. The topological polar surface area (TPSA) is 16.1 Å². The maximum absolute atomic E-state index is 4.63. The summed E-state index contributed by atoms with van der Waals surface area (Å²) in [7, 11) is 0. The first kappa shape index (κ1) is 14.0. The van der Waals surface area contributed by atoms with E-state index >= 15 is 0 Å². The van der Waals surface area contributed by atoms with Crippen LogP contribution in [-0.4, -0.2) is 27.8 Å². The lowest BCUT2D eigenvalue weighted by Crippen LogP contribution is -2.39. The summed E-state index contributed by atoms with van der Waals surface area (Å²) in [6.07, 6.45) is 1.28. The third-order valence-corrected chi connectivity index (χ3v) is 5.47. The Labute approximate surface area is 129 Å². The van der Waals surface area contributed by atoms with Crippen LogP contribution in [0.5, 0.6) is 0 Å². The van der Waals surface area contributed by atoms with E-state index in [0.29, 0.717) is 4.83 Å². The van der Waals surface area contributed by atoms with Crippen molar-refractivity contribution in [3.63, 3.8) is 0 Å². The standard InChI is InChI=1S/C17H21BrN2/c1-12-7-8-20(11-16(12)18)10-14-9-13(2)19-17-6-4-3-5-15(14)17/h3-6,9,12,16H,7-8,10-11H2,1-2H3. The van der Waals surface area contributed by atoms with Gasteiger partial charge in [-0.2, -0.15) is 0 Å². The number of benzene rings is 1. The van der Waals surface area contributed by atoms with Crippen molar-refractivity contribution in [2.45, 2.75) is 31.6 Å². The van der Waals surface area contributed by atoms with E-state index in [4.69, 9.17) is 0 Å². The van der Waals surface area contributed by atoms with Crippen molar-refractivity contribution in [3.05, 3.63) is 41.6 Å². The molecule has 2 aromatic rings. The van der Waals surface area contributed by atoms with Gasteiger partial charge >= 0.3 is 0 Å². The molecule has 3 heteroatoms. The summed E-state index contributed by atoms with van der Waals surface area (Å²) in [6, 6.07) is 10.7. The van der Waals surface area contributed by atoms with Gasteiger partial charge in [0.25, 0.3) is 0 Å². The number of rotatable bonds is 2. The Morgan fingerprint density at radius 3 is 2.95 bits per heavy atom. The fraction of sp³-hybridized carbons (Fsp3) is 0.471. The van der Waals surface area contributed by atoms with E-state index < -0.39 is 0 Å². The van der Waals surface area contributed by atoms with Gasteiger partial charge < -0.3 is 0 Å². The van der Waals surface area contributed by atoms with Crippen molar-refractivity contribution >= 4 is 26.8 Å².